The van der Waals surface area contributed by atoms with Gasteiger partial charge in [0.15, 0.2) is 0 Å². The number of amides is 1. The smallest absolute Gasteiger partial charge is 0.300 e. The molecule has 1 atom stereocenters. The van der Waals surface area contributed by atoms with E-state index in [0.29, 0.717) is 16.7 Å². The van der Waals surface area contributed by atoms with Crippen molar-refractivity contribution in [1.82, 2.24) is 0 Å². The molecule has 5 nitrogen and oxygen atoms in total. The molecular formula is C27H23ClF2N2O3. The molecule has 1 unspecified atom stereocenters. The highest BCUT2D eigenvalue weighted by molar-refractivity contribution is 6.51. The van der Waals surface area contributed by atoms with Gasteiger partial charge in [0.25, 0.3) is 11.7 Å². The number of Topliss-reactive ketones (excluding diaryl/α,β-unsaturated/α-hetero) is 1. The minimum absolute atomic E-state index is 0.211. The van der Waals surface area contributed by atoms with Gasteiger partial charge in [-0.05, 0) is 55.8 Å². The molecule has 3 aromatic carbocycles. The number of nitrogens with zero attached hydrogens (tertiary/aromatic N) is 2. The first-order chi connectivity index (χ1) is 16.8. The predicted molar refractivity (Wildman–Crippen MR) is 133 cm³/mol. The summed E-state index contributed by atoms with van der Waals surface area (Å²) in [5.41, 5.74) is 1.17. The number of hydrogen-bond acceptors (Lipinski definition) is 4. The molecule has 1 N–H and O–H groups in total. The lowest BCUT2D eigenvalue weighted by molar-refractivity contribution is -0.132. The maximum absolute atomic E-state index is 14.8. The van der Waals surface area contributed by atoms with Crippen molar-refractivity contribution in [2.45, 2.75) is 19.9 Å². The number of benzene rings is 3. The first-order valence-corrected chi connectivity index (χ1v) is 11.5. The van der Waals surface area contributed by atoms with Gasteiger partial charge in [0, 0.05) is 35.4 Å². The van der Waals surface area contributed by atoms with Crippen molar-refractivity contribution in [1.29, 1.82) is 0 Å². The Morgan fingerprint density at radius 2 is 1.69 bits per heavy atom. The molecule has 0 aromatic heterocycles. The number of anilines is 2. The summed E-state index contributed by atoms with van der Waals surface area (Å²) in [6.07, 6.45) is 0. The van der Waals surface area contributed by atoms with E-state index < -0.39 is 35.1 Å². The molecule has 8 heteroatoms. The standard InChI is InChI=1S/C27H23ClF2N2O3/c1-3-31(4-2)20-11-8-16(9-12-20)24-23(25(33)17-6-5-7-18(28)14-17)26(34)27(35)32(24)22-13-10-19(29)15-21(22)30/h5-15,24,33H,3-4H2,1-2H3/b25-23+. The number of ketones is 1. The Morgan fingerprint density at radius 3 is 2.29 bits per heavy atom. The van der Waals surface area contributed by atoms with Crippen molar-refractivity contribution < 1.29 is 23.5 Å². The number of halogens is 3. The van der Waals surface area contributed by atoms with Crippen LogP contribution in [0, 0.1) is 11.6 Å². The van der Waals surface area contributed by atoms with Crippen LogP contribution < -0.4 is 9.80 Å². The molecule has 1 aliphatic heterocycles. The van der Waals surface area contributed by atoms with Crippen LogP contribution in [0.1, 0.15) is 31.0 Å². The van der Waals surface area contributed by atoms with Crippen LogP contribution >= 0.6 is 11.6 Å². The molecule has 0 aliphatic carbocycles. The van der Waals surface area contributed by atoms with Gasteiger partial charge in [0.05, 0.1) is 17.3 Å². The fourth-order valence-electron chi connectivity index (χ4n) is 4.32. The molecule has 1 amide bonds. The second-order valence-electron chi connectivity index (χ2n) is 8.04. The van der Waals surface area contributed by atoms with Gasteiger partial charge in [-0.15, -0.1) is 0 Å². The van der Waals surface area contributed by atoms with Crippen molar-refractivity contribution in [3.63, 3.8) is 0 Å². The third-order valence-electron chi connectivity index (χ3n) is 6.05. The summed E-state index contributed by atoms with van der Waals surface area (Å²) >= 11 is 6.06. The van der Waals surface area contributed by atoms with Gasteiger partial charge < -0.3 is 10.0 Å². The van der Waals surface area contributed by atoms with Gasteiger partial charge in [0.1, 0.15) is 17.4 Å². The fraction of sp³-hybridized carbons (Fsp3) is 0.185. The summed E-state index contributed by atoms with van der Waals surface area (Å²) in [5.74, 6) is -4.27. The molecule has 3 aromatic rings. The van der Waals surface area contributed by atoms with E-state index in [9.17, 15) is 23.5 Å². The zero-order valence-electron chi connectivity index (χ0n) is 19.1. The number of carbonyl (C=O) groups is 2. The lowest BCUT2D eigenvalue weighted by Crippen LogP contribution is -2.30. The van der Waals surface area contributed by atoms with Crippen LogP contribution in [-0.2, 0) is 9.59 Å². The number of rotatable bonds is 6. The van der Waals surface area contributed by atoms with Crippen LogP contribution in [-0.4, -0.2) is 29.9 Å². The monoisotopic (exact) mass is 496 g/mol. The predicted octanol–water partition coefficient (Wildman–Crippen LogP) is 6.09. The highest BCUT2D eigenvalue weighted by atomic mass is 35.5. The highest BCUT2D eigenvalue weighted by Crippen LogP contribution is 2.43. The van der Waals surface area contributed by atoms with Crippen molar-refractivity contribution in [2.24, 2.45) is 0 Å². The fourth-order valence-corrected chi connectivity index (χ4v) is 4.51. The topological polar surface area (TPSA) is 60.9 Å². The molecule has 1 aliphatic rings. The van der Waals surface area contributed by atoms with Crippen LogP contribution in [0.3, 0.4) is 0 Å². The quantitative estimate of drug-likeness (QED) is 0.255. The van der Waals surface area contributed by atoms with Crippen LogP contribution in [0.5, 0.6) is 0 Å². The number of aliphatic hydroxyl groups is 1. The Bertz CT molecular complexity index is 1320. The molecule has 1 fully saturated rings. The summed E-state index contributed by atoms with van der Waals surface area (Å²) in [4.78, 5) is 29.4. The van der Waals surface area contributed by atoms with E-state index in [1.165, 1.54) is 6.07 Å². The largest absolute Gasteiger partial charge is 0.507 e. The first kappa shape index (κ1) is 24.4. The molecule has 180 valence electrons. The number of hydrogen-bond donors (Lipinski definition) is 1. The zero-order chi connectivity index (χ0) is 25.3. The van der Waals surface area contributed by atoms with Crippen molar-refractivity contribution in [2.75, 3.05) is 22.9 Å². The van der Waals surface area contributed by atoms with E-state index in [2.05, 4.69) is 4.90 Å². The lowest BCUT2D eigenvalue weighted by Gasteiger charge is -2.27. The summed E-state index contributed by atoms with van der Waals surface area (Å²) < 4.78 is 28.4. The molecule has 0 spiro atoms. The Hall–Kier alpha value is -3.71. The molecule has 1 saturated heterocycles. The third-order valence-corrected chi connectivity index (χ3v) is 6.28. The van der Waals surface area contributed by atoms with Crippen LogP contribution in [0.25, 0.3) is 5.76 Å². The van der Waals surface area contributed by atoms with Crippen molar-refractivity contribution >= 4 is 40.4 Å². The van der Waals surface area contributed by atoms with E-state index in [-0.39, 0.29) is 16.8 Å². The maximum atomic E-state index is 14.8. The van der Waals surface area contributed by atoms with E-state index in [1.54, 1.807) is 30.3 Å². The summed E-state index contributed by atoms with van der Waals surface area (Å²) in [7, 11) is 0. The normalized spacial score (nSPS) is 17.2. The second-order valence-corrected chi connectivity index (χ2v) is 8.48. The molecule has 0 radical (unpaired) electrons. The van der Waals surface area contributed by atoms with Gasteiger partial charge >= 0.3 is 0 Å². The lowest BCUT2D eigenvalue weighted by atomic mass is 9.95. The molecule has 0 saturated carbocycles. The Labute approximate surface area is 206 Å². The zero-order valence-corrected chi connectivity index (χ0v) is 19.9. The number of carbonyl (C=O) groups excluding carboxylic acids is 2. The second kappa shape index (κ2) is 9.88. The van der Waals surface area contributed by atoms with Crippen LogP contribution in [0.4, 0.5) is 20.2 Å². The summed E-state index contributed by atoms with van der Waals surface area (Å²) in [6.45, 7) is 5.61. The van der Waals surface area contributed by atoms with Crippen molar-refractivity contribution in [3.05, 3.63) is 100 Å². The van der Waals surface area contributed by atoms with E-state index in [0.717, 1.165) is 35.8 Å². The molecular weight excluding hydrogens is 474 g/mol. The Balaban J connectivity index is 1.93. The van der Waals surface area contributed by atoms with Gasteiger partial charge in [-0.2, -0.15) is 0 Å². The minimum atomic E-state index is -1.14. The average molecular weight is 497 g/mol. The van der Waals surface area contributed by atoms with Gasteiger partial charge in [-0.3, -0.25) is 14.5 Å². The molecule has 1 heterocycles. The van der Waals surface area contributed by atoms with E-state index in [4.69, 9.17) is 11.6 Å². The molecule has 35 heavy (non-hydrogen) atoms. The van der Waals surface area contributed by atoms with Crippen molar-refractivity contribution in [3.8, 4) is 0 Å². The van der Waals surface area contributed by atoms with Gasteiger partial charge in [-0.25, -0.2) is 8.78 Å². The number of aliphatic hydroxyl groups excluding tert-OH is 1. The first-order valence-electron chi connectivity index (χ1n) is 11.1. The average Bonchev–Trinajstić information content (AvgIpc) is 3.10. The SMILES string of the molecule is CCN(CC)c1ccc(C2/C(=C(\O)c3cccc(Cl)c3)C(=O)C(=O)N2c2ccc(F)cc2F)cc1. The molecule has 0 bridgehead atoms. The molecule has 4 rings (SSSR count). The van der Waals surface area contributed by atoms with Crippen LogP contribution in [0.2, 0.25) is 5.02 Å². The maximum Gasteiger partial charge on any atom is 0.300 e. The van der Waals surface area contributed by atoms with E-state index in [1.807, 2.05) is 26.0 Å². The highest BCUT2D eigenvalue weighted by Gasteiger charge is 2.47. The minimum Gasteiger partial charge on any atom is -0.507 e. The Morgan fingerprint density at radius 1 is 1.00 bits per heavy atom. The third kappa shape index (κ3) is 4.51. The Kier molecular flexibility index (Phi) is 6.89. The van der Waals surface area contributed by atoms with Crippen LogP contribution in [0.15, 0.2) is 72.3 Å². The van der Waals surface area contributed by atoms with Gasteiger partial charge in [-0.1, -0.05) is 35.9 Å². The summed E-state index contributed by atoms with van der Waals surface area (Å²) in [6, 6.07) is 15.0. The van der Waals surface area contributed by atoms with Gasteiger partial charge in [0.2, 0.25) is 0 Å². The van der Waals surface area contributed by atoms with E-state index >= 15 is 0 Å². The summed E-state index contributed by atoms with van der Waals surface area (Å²) in [5, 5.41) is 11.4.